The van der Waals surface area contributed by atoms with E-state index in [9.17, 15) is 0 Å². The minimum absolute atomic E-state index is 0.688. The summed E-state index contributed by atoms with van der Waals surface area (Å²) in [6.07, 6.45) is 3.89. The number of halogens is 1. The van der Waals surface area contributed by atoms with Gasteiger partial charge in [-0.15, -0.1) is 11.3 Å². The summed E-state index contributed by atoms with van der Waals surface area (Å²) in [5.41, 5.74) is 5.75. The molecule has 0 amide bonds. The smallest absolute Gasteiger partial charge is 0.0809 e. The lowest BCUT2D eigenvalue weighted by Gasteiger charge is -2.17. The molecule has 0 bridgehead atoms. The van der Waals surface area contributed by atoms with Gasteiger partial charge in [0.1, 0.15) is 0 Å². The third kappa shape index (κ3) is 3.29. The molecule has 2 N–H and O–H groups in total. The average Bonchev–Trinajstić information content (AvgIpc) is 2.87. The topological polar surface area (TPSA) is 35.2 Å². The molecule has 2 unspecified atom stereocenters. The Labute approximate surface area is 109 Å². The van der Waals surface area contributed by atoms with E-state index >= 15 is 0 Å². The van der Waals surface area contributed by atoms with E-state index in [1.165, 1.54) is 24.1 Å². The van der Waals surface area contributed by atoms with Crippen molar-refractivity contribution in [2.24, 2.45) is 17.6 Å². The minimum atomic E-state index is 0.688. The van der Waals surface area contributed by atoms with Gasteiger partial charge in [0.2, 0.25) is 0 Å². The molecular formula is C12H18BrNOS. The van der Waals surface area contributed by atoms with Gasteiger partial charge in [0, 0.05) is 14.7 Å². The van der Waals surface area contributed by atoms with Gasteiger partial charge in [-0.2, -0.15) is 0 Å². The summed E-state index contributed by atoms with van der Waals surface area (Å²) >= 11 is 5.19. The zero-order valence-corrected chi connectivity index (χ0v) is 11.7. The molecule has 1 aliphatic rings. The quantitative estimate of drug-likeness (QED) is 0.905. The second-order valence-corrected chi connectivity index (χ2v) is 6.34. The molecule has 2 rings (SSSR count). The maximum atomic E-state index is 5.78. The molecule has 0 aliphatic heterocycles. The predicted molar refractivity (Wildman–Crippen MR) is 71.6 cm³/mol. The van der Waals surface area contributed by atoms with Crippen LogP contribution in [-0.4, -0.2) is 13.2 Å². The Morgan fingerprint density at radius 3 is 2.94 bits per heavy atom. The van der Waals surface area contributed by atoms with Crippen molar-refractivity contribution in [3.63, 3.8) is 0 Å². The van der Waals surface area contributed by atoms with Crippen LogP contribution in [0.15, 0.2) is 15.9 Å². The van der Waals surface area contributed by atoms with E-state index in [4.69, 9.17) is 10.5 Å². The molecule has 1 heterocycles. The third-order valence-corrected chi connectivity index (χ3v) is 4.99. The Morgan fingerprint density at radius 2 is 2.25 bits per heavy atom. The number of rotatable bonds is 5. The first-order valence-electron chi connectivity index (χ1n) is 5.80. The minimum Gasteiger partial charge on any atom is -0.376 e. The Kier molecular flexibility index (Phi) is 4.82. The van der Waals surface area contributed by atoms with Crippen LogP contribution in [0.2, 0.25) is 0 Å². The molecule has 0 saturated heterocycles. The number of hydrogen-bond acceptors (Lipinski definition) is 3. The SMILES string of the molecule is NCC1CCCC1COCc1cc(Br)cs1. The van der Waals surface area contributed by atoms with Crippen LogP contribution < -0.4 is 5.73 Å². The van der Waals surface area contributed by atoms with Crippen molar-refractivity contribution in [2.45, 2.75) is 25.9 Å². The Balaban J connectivity index is 1.71. The third-order valence-electron chi connectivity index (χ3n) is 3.32. The van der Waals surface area contributed by atoms with E-state index in [0.29, 0.717) is 11.8 Å². The second kappa shape index (κ2) is 6.15. The molecule has 2 atom stereocenters. The zero-order chi connectivity index (χ0) is 11.4. The Hall–Kier alpha value is 0.1000. The second-order valence-electron chi connectivity index (χ2n) is 4.43. The number of hydrogen-bond donors (Lipinski definition) is 1. The van der Waals surface area contributed by atoms with Crippen LogP contribution in [0.4, 0.5) is 0 Å². The summed E-state index contributed by atoms with van der Waals surface area (Å²) in [6, 6.07) is 2.12. The molecule has 1 fully saturated rings. The molecule has 0 radical (unpaired) electrons. The Bertz CT molecular complexity index is 329. The van der Waals surface area contributed by atoms with Gasteiger partial charge in [0.15, 0.2) is 0 Å². The highest BCUT2D eigenvalue weighted by molar-refractivity contribution is 9.10. The van der Waals surface area contributed by atoms with Crippen LogP contribution in [0, 0.1) is 11.8 Å². The van der Waals surface area contributed by atoms with Crippen molar-refractivity contribution in [1.82, 2.24) is 0 Å². The first-order chi connectivity index (χ1) is 7.79. The molecule has 1 aromatic rings. The van der Waals surface area contributed by atoms with Gasteiger partial charge in [-0.25, -0.2) is 0 Å². The standard InChI is InChI=1S/C12H18BrNOS/c13-11-4-12(16-8-11)7-15-6-10-3-1-2-9(10)5-14/h4,8-10H,1-3,5-7,14H2. The van der Waals surface area contributed by atoms with Crippen molar-refractivity contribution in [1.29, 1.82) is 0 Å². The Morgan fingerprint density at radius 1 is 1.44 bits per heavy atom. The summed E-state index contributed by atoms with van der Waals surface area (Å²) < 4.78 is 6.93. The van der Waals surface area contributed by atoms with Crippen LogP contribution in [0.5, 0.6) is 0 Å². The monoisotopic (exact) mass is 303 g/mol. The fourth-order valence-corrected chi connectivity index (χ4v) is 3.77. The molecule has 1 saturated carbocycles. The van der Waals surface area contributed by atoms with Crippen molar-refractivity contribution in [3.8, 4) is 0 Å². The van der Waals surface area contributed by atoms with Crippen molar-refractivity contribution < 1.29 is 4.74 Å². The fourth-order valence-electron chi connectivity index (χ4n) is 2.38. The van der Waals surface area contributed by atoms with E-state index in [0.717, 1.165) is 24.2 Å². The zero-order valence-electron chi connectivity index (χ0n) is 9.32. The lowest BCUT2D eigenvalue weighted by Crippen LogP contribution is -2.22. The van der Waals surface area contributed by atoms with E-state index in [1.807, 2.05) is 0 Å². The predicted octanol–water partition coefficient (Wildman–Crippen LogP) is 3.40. The summed E-state index contributed by atoms with van der Waals surface area (Å²) in [5.74, 6) is 1.38. The van der Waals surface area contributed by atoms with Gasteiger partial charge in [-0.1, -0.05) is 6.42 Å². The van der Waals surface area contributed by atoms with Gasteiger partial charge in [-0.05, 0) is 53.2 Å². The van der Waals surface area contributed by atoms with E-state index < -0.39 is 0 Å². The lowest BCUT2D eigenvalue weighted by molar-refractivity contribution is 0.0769. The summed E-state index contributed by atoms with van der Waals surface area (Å²) in [4.78, 5) is 1.29. The summed E-state index contributed by atoms with van der Waals surface area (Å²) in [7, 11) is 0. The average molecular weight is 304 g/mol. The van der Waals surface area contributed by atoms with E-state index in [1.54, 1.807) is 11.3 Å². The van der Waals surface area contributed by atoms with Crippen molar-refractivity contribution >= 4 is 27.3 Å². The lowest BCUT2D eigenvalue weighted by atomic mass is 9.97. The largest absolute Gasteiger partial charge is 0.376 e. The van der Waals surface area contributed by atoms with Crippen LogP contribution in [-0.2, 0) is 11.3 Å². The first-order valence-corrected chi connectivity index (χ1v) is 7.47. The van der Waals surface area contributed by atoms with Crippen molar-refractivity contribution in [2.75, 3.05) is 13.2 Å². The molecular weight excluding hydrogens is 286 g/mol. The van der Waals surface area contributed by atoms with Gasteiger partial charge in [0.05, 0.1) is 13.2 Å². The number of nitrogens with two attached hydrogens (primary N) is 1. The number of thiophene rings is 1. The van der Waals surface area contributed by atoms with Gasteiger partial charge >= 0.3 is 0 Å². The highest BCUT2D eigenvalue weighted by Crippen LogP contribution is 2.31. The normalized spacial score (nSPS) is 25.1. The molecule has 1 aliphatic carbocycles. The summed E-state index contributed by atoms with van der Waals surface area (Å²) in [5, 5.41) is 2.09. The molecule has 4 heteroatoms. The van der Waals surface area contributed by atoms with E-state index in [2.05, 4.69) is 27.4 Å². The van der Waals surface area contributed by atoms with Gasteiger partial charge < -0.3 is 10.5 Å². The van der Waals surface area contributed by atoms with Gasteiger partial charge in [-0.3, -0.25) is 0 Å². The van der Waals surface area contributed by atoms with E-state index in [-0.39, 0.29) is 0 Å². The van der Waals surface area contributed by atoms with Gasteiger partial charge in [0.25, 0.3) is 0 Å². The molecule has 2 nitrogen and oxygen atoms in total. The van der Waals surface area contributed by atoms with Crippen LogP contribution in [0.1, 0.15) is 24.1 Å². The molecule has 0 aromatic carbocycles. The van der Waals surface area contributed by atoms with Crippen LogP contribution in [0.3, 0.4) is 0 Å². The maximum Gasteiger partial charge on any atom is 0.0809 e. The van der Waals surface area contributed by atoms with Crippen LogP contribution >= 0.6 is 27.3 Å². The van der Waals surface area contributed by atoms with Crippen molar-refractivity contribution in [3.05, 3.63) is 20.8 Å². The first kappa shape index (κ1) is 12.6. The summed E-state index contributed by atoms with van der Waals surface area (Å²) in [6.45, 7) is 2.43. The maximum absolute atomic E-state index is 5.78. The molecule has 16 heavy (non-hydrogen) atoms. The molecule has 0 spiro atoms. The fraction of sp³-hybridized carbons (Fsp3) is 0.667. The molecule has 90 valence electrons. The highest BCUT2D eigenvalue weighted by atomic mass is 79.9. The highest BCUT2D eigenvalue weighted by Gasteiger charge is 2.25. The molecule has 1 aromatic heterocycles. The van der Waals surface area contributed by atoms with Crippen LogP contribution in [0.25, 0.3) is 0 Å². The number of ether oxygens (including phenoxy) is 1.